The van der Waals surface area contributed by atoms with Crippen molar-refractivity contribution in [3.63, 3.8) is 0 Å². The lowest BCUT2D eigenvalue weighted by atomic mass is 9.73. The van der Waals surface area contributed by atoms with Gasteiger partial charge in [-0.3, -0.25) is 0 Å². The molecule has 0 saturated heterocycles. The topological polar surface area (TPSA) is 26.0 Å². The molecule has 0 aromatic heterocycles. The van der Waals surface area contributed by atoms with Crippen LogP contribution in [0.15, 0.2) is 28.7 Å². The fraction of sp³-hybridized carbons (Fsp3) is 0.600. The molecular weight excluding hydrogens is 274 g/mol. The highest BCUT2D eigenvalue weighted by atomic mass is 79.9. The number of hydrogen-bond donors (Lipinski definition) is 1. The summed E-state index contributed by atoms with van der Waals surface area (Å²) < 4.78 is 1.22. The Morgan fingerprint density at radius 1 is 1.35 bits per heavy atom. The predicted molar refractivity (Wildman–Crippen MR) is 77.1 cm³/mol. The van der Waals surface area contributed by atoms with Gasteiger partial charge in [0, 0.05) is 10.4 Å². The van der Waals surface area contributed by atoms with Crippen molar-refractivity contribution in [1.82, 2.24) is 0 Å². The average Bonchev–Trinajstić information content (AvgIpc) is 2.33. The molecule has 1 aliphatic carbocycles. The van der Waals surface area contributed by atoms with Crippen LogP contribution in [-0.2, 0) is 0 Å². The van der Waals surface area contributed by atoms with Crippen LogP contribution in [0.5, 0.6) is 0 Å². The molecule has 0 aliphatic heterocycles. The van der Waals surface area contributed by atoms with Gasteiger partial charge in [0.1, 0.15) is 0 Å². The molecule has 1 aromatic carbocycles. The zero-order chi connectivity index (χ0) is 12.3. The van der Waals surface area contributed by atoms with E-state index in [1.807, 2.05) is 0 Å². The molecule has 0 bridgehead atoms. The minimum absolute atomic E-state index is 0.522. The van der Waals surface area contributed by atoms with Gasteiger partial charge in [-0.2, -0.15) is 0 Å². The quantitative estimate of drug-likeness (QED) is 0.883. The fourth-order valence-corrected chi connectivity index (χ4v) is 3.77. The maximum atomic E-state index is 6.03. The second-order valence-corrected chi connectivity index (χ2v) is 6.25. The van der Waals surface area contributed by atoms with Crippen LogP contribution in [0, 0.1) is 11.8 Å². The molecule has 2 N–H and O–H groups in total. The highest BCUT2D eigenvalue weighted by molar-refractivity contribution is 9.10. The van der Waals surface area contributed by atoms with Crippen LogP contribution in [0.1, 0.15) is 44.1 Å². The van der Waals surface area contributed by atoms with Crippen molar-refractivity contribution in [2.75, 3.05) is 6.54 Å². The maximum absolute atomic E-state index is 6.03. The third-order valence-electron chi connectivity index (χ3n) is 4.10. The summed E-state index contributed by atoms with van der Waals surface area (Å²) in [4.78, 5) is 0. The van der Waals surface area contributed by atoms with Gasteiger partial charge in [0.05, 0.1) is 0 Å². The molecule has 94 valence electrons. The largest absolute Gasteiger partial charge is 0.330 e. The summed E-state index contributed by atoms with van der Waals surface area (Å²) in [5, 5.41) is 0. The monoisotopic (exact) mass is 295 g/mol. The molecule has 3 unspecified atom stereocenters. The molecule has 1 aliphatic rings. The first kappa shape index (κ1) is 13.1. The zero-order valence-corrected chi connectivity index (χ0v) is 12.1. The lowest BCUT2D eigenvalue weighted by Crippen LogP contribution is -2.26. The van der Waals surface area contributed by atoms with E-state index >= 15 is 0 Å². The molecule has 0 spiro atoms. The van der Waals surface area contributed by atoms with Gasteiger partial charge in [-0.25, -0.2) is 0 Å². The summed E-state index contributed by atoms with van der Waals surface area (Å²) in [5.74, 6) is 2.15. The summed E-state index contributed by atoms with van der Waals surface area (Å²) in [6.45, 7) is 3.14. The maximum Gasteiger partial charge on any atom is 0.0210 e. The third-order valence-corrected chi connectivity index (χ3v) is 4.83. The molecule has 3 atom stereocenters. The standard InChI is InChI=1S/C15H22BrN/c1-11-5-4-6-12(9-11)14(10-17)13-7-2-3-8-15(13)16/h2-3,7-8,11-12,14H,4-6,9-10,17H2,1H3. The van der Waals surface area contributed by atoms with Crippen molar-refractivity contribution in [1.29, 1.82) is 0 Å². The Morgan fingerprint density at radius 2 is 2.12 bits per heavy atom. The first-order chi connectivity index (χ1) is 8.22. The minimum Gasteiger partial charge on any atom is -0.330 e. The number of halogens is 1. The zero-order valence-electron chi connectivity index (χ0n) is 10.5. The average molecular weight is 296 g/mol. The Balaban J connectivity index is 2.18. The molecule has 0 radical (unpaired) electrons. The molecule has 1 nitrogen and oxygen atoms in total. The number of benzene rings is 1. The van der Waals surface area contributed by atoms with Crippen molar-refractivity contribution in [3.05, 3.63) is 34.3 Å². The van der Waals surface area contributed by atoms with E-state index in [0.717, 1.165) is 18.4 Å². The first-order valence-corrected chi connectivity index (χ1v) is 7.46. The number of rotatable bonds is 3. The molecule has 1 aromatic rings. The van der Waals surface area contributed by atoms with E-state index in [9.17, 15) is 0 Å². The summed E-state index contributed by atoms with van der Waals surface area (Å²) in [5.41, 5.74) is 7.43. The van der Waals surface area contributed by atoms with Crippen LogP contribution in [0.3, 0.4) is 0 Å². The lowest BCUT2D eigenvalue weighted by molar-refractivity contribution is 0.247. The minimum atomic E-state index is 0.522. The molecule has 17 heavy (non-hydrogen) atoms. The van der Waals surface area contributed by atoms with Gasteiger partial charge in [-0.05, 0) is 42.9 Å². The Morgan fingerprint density at radius 3 is 2.76 bits per heavy atom. The smallest absolute Gasteiger partial charge is 0.0210 e. The molecule has 2 rings (SSSR count). The normalized spacial score (nSPS) is 26.8. The molecule has 0 heterocycles. The van der Waals surface area contributed by atoms with E-state index in [2.05, 4.69) is 47.1 Å². The van der Waals surface area contributed by atoms with Gasteiger partial charge >= 0.3 is 0 Å². The highest BCUT2D eigenvalue weighted by Gasteiger charge is 2.27. The van der Waals surface area contributed by atoms with Crippen LogP contribution >= 0.6 is 15.9 Å². The van der Waals surface area contributed by atoms with Gasteiger partial charge in [-0.1, -0.05) is 53.9 Å². The van der Waals surface area contributed by atoms with E-state index in [-0.39, 0.29) is 0 Å². The molecule has 1 saturated carbocycles. The molecule has 0 amide bonds. The van der Waals surface area contributed by atoms with Gasteiger partial charge in [0.25, 0.3) is 0 Å². The summed E-state index contributed by atoms with van der Waals surface area (Å²) in [6, 6.07) is 8.55. The SMILES string of the molecule is CC1CCCC(C(CN)c2ccccc2Br)C1. The molecule has 1 fully saturated rings. The van der Waals surface area contributed by atoms with Gasteiger partial charge in [-0.15, -0.1) is 0 Å². The predicted octanol–water partition coefficient (Wildman–Crippen LogP) is 4.32. The second kappa shape index (κ2) is 6.01. The van der Waals surface area contributed by atoms with E-state index in [1.165, 1.54) is 35.7 Å². The van der Waals surface area contributed by atoms with E-state index in [0.29, 0.717) is 5.92 Å². The highest BCUT2D eigenvalue weighted by Crippen LogP contribution is 2.39. The summed E-state index contributed by atoms with van der Waals surface area (Å²) in [6.07, 6.45) is 5.44. The summed E-state index contributed by atoms with van der Waals surface area (Å²) >= 11 is 3.66. The fourth-order valence-electron chi connectivity index (χ4n) is 3.20. The number of nitrogens with two attached hydrogens (primary N) is 1. The summed E-state index contributed by atoms with van der Waals surface area (Å²) in [7, 11) is 0. The van der Waals surface area contributed by atoms with Crippen LogP contribution < -0.4 is 5.73 Å². The second-order valence-electron chi connectivity index (χ2n) is 5.40. The van der Waals surface area contributed by atoms with Crippen LogP contribution in [0.4, 0.5) is 0 Å². The van der Waals surface area contributed by atoms with Crippen molar-refractivity contribution in [2.45, 2.75) is 38.5 Å². The van der Waals surface area contributed by atoms with E-state index < -0.39 is 0 Å². The Bertz CT molecular complexity index is 364. The first-order valence-electron chi connectivity index (χ1n) is 6.67. The van der Waals surface area contributed by atoms with Crippen molar-refractivity contribution < 1.29 is 0 Å². The molecular formula is C15H22BrN. The number of hydrogen-bond acceptors (Lipinski definition) is 1. The van der Waals surface area contributed by atoms with Crippen molar-refractivity contribution in [2.24, 2.45) is 17.6 Å². The van der Waals surface area contributed by atoms with Gasteiger partial charge < -0.3 is 5.73 Å². The van der Waals surface area contributed by atoms with E-state index in [4.69, 9.17) is 5.73 Å². The van der Waals surface area contributed by atoms with E-state index in [1.54, 1.807) is 0 Å². The Kier molecular flexibility index (Phi) is 4.63. The Hall–Kier alpha value is -0.340. The van der Waals surface area contributed by atoms with Crippen LogP contribution in [0.25, 0.3) is 0 Å². The van der Waals surface area contributed by atoms with Crippen LogP contribution in [0.2, 0.25) is 0 Å². The van der Waals surface area contributed by atoms with Crippen molar-refractivity contribution >= 4 is 15.9 Å². The van der Waals surface area contributed by atoms with Crippen LogP contribution in [-0.4, -0.2) is 6.54 Å². The Labute approximate surface area is 113 Å². The van der Waals surface area contributed by atoms with Gasteiger partial charge in [0.2, 0.25) is 0 Å². The lowest BCUT2D eigenvalue weighted by Gasteiger charge is -2.33. The van der Waals surface area contributed by atoms with Gasteiger partial charge in [0.15, 0.2) is 0 Å². The van der Waals surface area contributed by atoms with Crippen molar-refractivity contribution in [3.8, 4) is 0 Å². The third kappa shape index (κ3) is 3.11. The molecule has 2 heteroatoms.